The second-order valence-electron chi connectivity index (χ2n) is 5.30. The molecule has 1 aromatic heterocycles. The van der Waals surface area contributed by atoms with Gasteiger partial charge in [0.1, 0.15) is 11.5 Å². The molecule has 23 heavy (non-hydrogen) atoms. The molecule has 2 aromatic rings. The number of hydrogen-bond donors (Lipinski definition) is 0. The second kappa shape index (κ2) is 6.75. The zero-order valence-corrected chi connectivity index (χ0v) is 13.2. The number of amides is 1. The molecule has 0 bridgehead atoms. The number of carbonyl (C=O) groups excluding carboxylic acids is 1. The SMILES string of the molecule is COCCN(Cc1ccc(C)o1)C(=O)c1ccc2c(c1)OCO2. The van der Waals surface area contributed by atoms with Gasteiger partial charge in [-0.25, -0.2) is 0 Å². The summed E-state index contributed by atoms with van der Waals surface area (Å²) in [7, 11) is 1.61. The van der Waals surface area contributed by atoms with Gasteiger partial charge in [0, 0.05) is 19.2 Å². The van der Waals surface area contributed by atoms with Crippen LogP contribution in [0.4, 0.5) is 0 Å². The summed E-state index contributed by atoms with van der Waals surface area (Å²) in [6.45, 7) is 3.39. The van der Waals surface area contributed by atoms with Gasteiger partial charge in [0.25, 0.3) is 5.91 Å². The van der Waals surface area contributed by atoms with E-state index >= 15 is 0 Å². The fourth-order valence-electron chi connectivity index (χ4n) is 2.42. The van der Waals surface area contributed by atoms with Crippen LogP contribution in [0.25, 0.3) is 0 Å². The number of furan rings is 1. The molecule has 0 aliphatic carbocycles. The van der Waals surface area contributed by atoms with Crippen molar-refractivity contribution in [2.45, 2.75) is 13.5 Å². The van der Waals surface area contributed by atoms with Crippen LogP contribution in [0.1, 0.15) is 21.9 Å². The molecule has 6 nitrogen and oxygen atoms in total. The summed E-state index contributed by atoms with van der Waals surface area (Å²) in [4.78, 5) is 14.5. The normalized spacial score (nSPS) is 12.4. The number of ether oxygens (including phenoxy) is 3. The molecule has 0 saturated heterocycles. The third kappa shape index (κ3) is 3.48. The molecule has 0 radical (unpaired) electrons. The topological polar surface area (TPSA) is 61.1 Å². The number of methoxy groups -OCH3 is 1. The van der Waals surface area contributed by atoms with Crippen molar-refractivity contribution < 1.29 is 23.4 Å². The molecule has 1 aliphatic heterocycles. The van der Waals surface area contributed by atoms with Gasteiger partial charge in [-0.05, 0) is 37.3 Å². The van der Waals surface area contributed by atoms with Gasteiger partial charge in [-0.1, -0.05) is 0 Å². The molecule has 0 N–H and O–H groups in total. The van der Waals surface area contributed by atoms with Crippen LogP contribution >= 0.6 is 0 Å². The highest BCUT2D eigenvalue weighted by atomic mass is 16.7. The molecule has 1 amide bonds. The highest BCUT2D eigenvalue weighted by Gasteiger charge is 2.21. The Bertz CT molecular complexity index is 694. The van der Waals surface area contributed by atoms with E-state index in [0.29, 0.717) is 36.8 Å². The molecule has 0 fully saturated rings. The first kappa shape index (κ1) is 15.4. The van der Waals surface area contributed by atoms with Crippen molar-refractivity contribution in [3.8, 4) is 11.5 Å². The summed E-state index contributed by atoms with van der Waals surface area (Å²) in [5, 5.41) is 0. The third-order valence-electron chi connectivity index (χ3n) is 3.61. The predicted octanol–water partition coefficient (Wildman–Crippen LogP) is 2.61. The maximum atomic E-state index is 12.8. The van der Waals surface area contributed by atoms with E-state index in [9.17, 15) is 4.79 Å². The first-order valence-corrected chi connectivity index (χ1v) is 7.40. The van der Waals surface area contributed by atoms with Gasteiger partial charge < -0.3 is 23.5 Å². The fourth-order valence-corrected chi connectivity index (χ4v) is 2.42. The number of nitrogens with zero attached hydrogens (tertiary/aromatic N) is 1. The second-order valence-corrected chi connectivity index (χ2v) is 5.30. The number of aryl methyl sites for hydroxylation is 1. The fraction of sp³-hybridized carbons (Fsp3) is 0.353. The molecule has 0 spiro atoms. The van der Waals surface area contributed by atoms with Crippen LogP contribution in [0.2, 0.25) is 0 Å². The lowest BCUT2D eigenvalue weighted by Gasteiger charge is -2.21. The zero-order valence-electron chi connectivity index (χ0n) is 13.2. The lowest BCUT2D eigenvalue weighted by Crippen LogP contribution is -2.33. The number of fused-ring (bicyclic) bond motifs is 1. The van der Waals surface area contributed by atoms with Crippen LogP contribution in [-0.4, -0.2) is 37.9 Å². The number of benzene rings is 1. The van der Waals surface area contributed by atoms with E-state index < -0.39 is 0 Å². The molecule has 6 heteroatoms. The largest absolute Gasteiger partial charge is 0.464 e. The Hall–Kier alpha value is -2.47. The molecule has 2 heterocycles. The lowest BCUT2D eigenvalue weighted by molar-refractivity contribution is 0.0665. The summed E-state index contributed by atoms with van der Waals surface area (Å²) in [5.74, 6) is 2.72. The average molecular weight is 317 g/mol. The van der Waals surface area contributed by atoms with Crippen LogP contribution in [0.15, 0.2) is 34.7 Å². The van der Waals surface area contributed by atoms with Crippen LogP contribution in [0, 0.1) is 6.92 Å². The Morgan fingerprint density at radius 3 is 2.78 bits per heavy atom. The number of rotatable bonds is 6. The molecule has 0 saturated carbocycles. The average Bonchev–Trinajstić information content (AvgIpc) is 3.18. The van der Waals surface area contributed by atoms with Gasteiger partial charge in [-0.2, -0.15) is 0 Å². The summed E-state index contributed by atoms with van der Waals surface area (Å²) in [6, 6.07) is 8.96. The van der Waals surface area contributed by atoms with E-state index in [1.54, 1.807) is 30.2 Å². The molecule has 122 valence electrons. The molecule has 1 aliphatic rings. The molecule has 3 rings (SSSR count). The first-order valence-electron chi connectivity index (χ1n) is 7.40. The van der Waals surface area contributed by atoms with Crippen molar-refractivity contribution in [1.82, 2.24) is 4.90 Å². The molecular formula is C17H19NO5. The minimum atomic E-state index is -0.102. The maximum Gasteiger partial charge on any atom is 0.254 e. The van der Waals surface area contributed by atoms with Crippen LogP contribution in [-0.2, 0) is 11.3 Å². The van der Waals surface area contributed by atoms with Gasteiger partial charge in [-0.3, -0.25) is 4.79 Å². The van der Waals surface area contributed by atoms with E-state index in [2.05, 4.69) is 0 Å². The van der Waals surface area contributed by atoms with Gasteiger partial charge in [-0.15, -0.1) is 0 Å². The Balaban J connectivity index is 1.79. The lowest BCUT2D eigenvalue weighted by atomic mass is 10.1. The van der Waals surface area contributed by atoms with Gasteiger partial charge >= 0.3 is 0 Å². The van der Waals surface area contributed by atoms with Crippen LogP contribution in [0.3, 0.4) is 0 Å². The molecule has 0 atom stereocenters. The highest BCUT2D eigenvalue weighted by molar-refractivity contribution is 5.95. The monoisotopic (exact) mass is 317 g/mol. The summed E-state index contributed by atoms with van der Waals surface area (Å²) in [6.07, 6.45) is 0. The Morgan fingerprint density at radius 1 is 1.22 bits per heavy atom. The zero-order chi connectivity index (χ0) is 16.2. The van der Waals surface area contributed by atoms with E-state index in [0.717, 1.165) is 11.5 Å². The summed E-state index contributed by atoms with van der Waals surface area (Å²) in [5.41, 5.74) is 0.550. The van der Waals surface area contributed by atoms with Crippen molar-refractivity contribution in [2.75, 3.05) is 27.1 Å². The smallest absolute Gasteiger partial charge is 0.254 e. The van der Waals surface area contributed by atoms with Crippen molar-refractivity contribution in [2.24, 2.45) is 0 Å². The van der Waals surface area contributed by atoms with Crippen molar-refractivity contribution in [3.05, 3.63) is 47.4 Å². The van der Waals surface area contributed by atoms with E-state index in [-0.39, 0.29) is 12.7 Å². The molecular weight excluding hydrogens is 298 g/mol. The highest BCUT2D eigenvalue weighted by Crippen LogP contribution is 2.32. The Morgan fingerprint density at radius 2 is 2.04 bits per heavy atom. The minimum Gasteiger partial charge on any atom is -0.464 e. The standard InChI is InChI=1S/C17H19NO5/c1-12-3-5-14(23-12)10-18(7-8-20-2)17(19)13-4-6-15-16(9-13)22-11-21-15/h3-6,9H,7-8,10-11H2,1-2H3. The predicted molar refractivity (Wildman–Crippen MR) is 82.6 cm³/mol. The van der Waals surface area contributed by atoms with Gasteiger partial charge in [0.15, 0.2) is 11.5 Å². The Kier molecular flexibility index (Phi) is 4.52. The summed E-state index contributed by atoms with van der Waals surface area (Å²) >= 11 is 0. The van der Waals surface area contributed by atoms with E-state index in [4.69, 9.17) is 18.6 Å². The van der Waals surface area contributed by atoms with Gasteiger partial charge in [0.05, 0.1) is 13.2 Å². The van der Waals surface area contributed by atoms with E-state index in [1.807, 2.05) is 19.1 Å². The number of hydrogen-bond acceptors (Lipinski definition) is 5. The van der Waals surface area contributed by atoms with E-state index in [1.165, 1.54) is 0 Å². The first-order chi connectivity index (χ1) is 11.2. The number of carbonyl (C=O) groups is 1. The molecule has 0 unspecified atom stereocenters. The third-order valence-corrected chi connectivity index (χ3v) is 3.61. The van der Waals surface area contributed by atoms with Crippen LogP contribution < -0.4 is 9.47 Å². The van der Waals surface area contributed by atoms with Crippen molar-refractivity contribution >= 4 is 5.91 Å². The van der Waals surface area contributed by atoms with Crippen molar-refractivity contribution in [1.29, 1.82) is 0 Å². The molecule has 1 aromatic carbocycles. The van der Waals surface area contributed by atoms with Gasteiger partial charge in [0.2, 0.25) is 6.79 Å². The quantitative estimate of drug-likeness (QED) is 0.819. The maximum absolute atomic E-state index is 12.8. The minimum absolute atomic E-state index is 0.102. The Labute approximate surface area is 134 Å². The van der Waals surface area contributed by atoms with Crippen LogP contribution in [0.5, 0.6) is 11.5 Å². The van der Waals surface area contributed by atoms with Crippen molar-refractivity contribution in [3.63, 3.8) is 0 Å². The summed E-state index contributed by atoms with van der Waals surface area (Å²) < 4.78 is 21.3.